The molecule has 0 aliphatic carbocycles. The van der Waals surface area contributed by atoms with E-state index in [9.17, 15) is 4.79 Å². The minimum absolute atomic E-state index is 0.133. The van der Waals surface area contributed by atoms with Crippen LogP contribution in [0, 0.1) is 5.92 Å². The predicted molar refractivity (Wildman–Crippen MR) is 55.8 cm³/mol. The maximum Gasteiger partial charge on any atom is 0.169 e. The minimum Gasteiger partial charge on any atom is -0.381 e. The molecule has 0 saturated carbocycles. The molecule has 4 heteroatoms. The monoisotopic (exact) mass is 208 g/mol. The van der Waals surface area contributed by atoms with Gasteiger partial charge in [0.1, 0.15) is 0 Å². The summed E-state index contributed by atoms with van der Waals surface area (Å²) in [6.45, 7) is 4.23. The number of hydrogen-bond acceptors (Lipinski definition) is 3. The van der Waals surface area contributed by atoms with Crippen LogP contribution < -0.4 is 0 Å². The summed E-state index contributed by atoms with van der Waals surface area (Å²) in [5, 5.41) is 4.12. The largest absolute Gasteiger partial charge is 0.381 e. The highest BCUT2D eigenvalue weighted by Crippen LogP contribution is 2.19. The molecule has 0 atom stereocenters. The number of aryl methyl sites for hydroxylation is 1. The first-order valence-electron chi connectivity index (χ1n) is 5.45. The molecule has 0 unspecified atom stereocenters. The van der Waals surface area contributed by atoms with Gasteiger partial charge in [-0.1, -0.05) is 0 Å². The summed E-state index contributed by atoms with van der Waals surface area (Å²) in [5.41, 5.74) is 0.740. The maximum atomic E-state index is 12.0. The van der Waals surface area contributed by atoms with Crippen LogP contribution >= 0.6 is 0 Å². The average molecular weight is 208 g/mol. The summed E-state index contributed by atoms with van der Waals surface area (Å²) < 4.78 is 7.02. The Morgan fingerprint density at radius 3 is 2.93 bits per heavy atom. The Labute approximate surface area is 89.2 Å². The van der Waals surface area contributed by atoms with Crippen molar-refractivity contribution in [2.45, 2.75) is 26.3 Å². The molecule has 1 fully saturated rings. The van der Waals surface area contributed by atoms with Crippen LogP contribution in [0.15, 0.2) is 12.4 Å². The van der Waals surface area contributed by atoms with E-state index in [-0.39, 0.29) is 11.7 Å². The van der Waals surface area contributed by atoms with Crippen LogP contribution in [0.2, 0.25) is 0 Å². The molecule has 82 valence electrons. The number of carbonyl (C=O) groups is 1. The standard InChI is InChI=1S/C11H16N2O2/c1-2-13-8-10(7-12-13)11(14)9-3-5-15-6-4-9/h7-9H,2-6H2,1H3. The molecule has 15 heavy (non-hydrogen) atoms. The van der Waals surface area contributed by atoms with E-state index in [1.165, 1.54) is 0 Å². The van der Waals surface area contributed by atoms with E-state index in [1.807, 2.05) is 13.1 Å². The second-order valence-electron chi connectivity index (χ2n) is 3.84. The van der Waals surface area contributed by atoms with Crippen molar-refractivity contribution in [1.82, 2.24) is 9.78 Å². The van der Waals surface area contributed by atoms with Gasteiger partial charge in [0.2, 0.25) is 0 Å². The fraction of sp³-hybridized carbons (Fsp3) is 0.636. The molecule has 1 aliphatic rings. The molecule has 0 bridgehead atoms. The van der Waals surface area contributed by atoms with Crippen molar-refractivity contribution in [3.8, 4) is 0 Å². The van der Waals surface area contributed by atoms with Gasteiger partial charge in [0.25, 0.3) is 0 Å². The van der Waals surface area contributed by atoms with Crippen molar-refractivity contribution in [3.05, 3.63) is 18.0 Å². The summed E-state index contributed by atoms with van der Waals surface area (Å²) in [6.07, 6.45) is 5.19. The second kappa shape index (κ2) is 4.57. The van der Waals surface area contributed by atoms with Gasteiger partial charge in [0.15, 0.2) is 5.78 Å². The highest BCUT2D eigenvalue weighted by Gasteiger charge is 2.23. The number of nitrogens with zero attached hydrogens (tertiary/aromatic N) is 2. The molecule has 1 aromatic heterocycles. The van der Waals surface area contributed by atoms with E-state index in [0.29, 0.717) is 13.2 Å². The number of aromatic nitrogens is 2. The third-order valence-corrected chi connectivity index (χ3v) is 2.83. The van der Waals surface area contributed by atoms with Gasteiger partial charge in [-0.15, -0.1) is 0 Å². The number of carbonyl (C=O) groups excluding carboxylic acids is 1. The van der Waals surface area contributed by atoms with Crippen LogP contribution in [-0.2, 0) is 11.3 Å². The molecular formula is C11H16N2O2. The Morgan fingerprint density at radius 1 is 1.60 bits per heavy atom. The molecular weight excluding hydrogens is 192 g/mol. The zero-order valence-electron chi connectivity index (χ0n) is 8.98. The third kappa shape index (κ3) is 2.26. The normalized spacial score (nSPS) is 17.9. The van der Waals surface area contributed by atoms with E-state index in [4.69, 9.17) is 4.74 Å². The van der Waals surface area contributed by atoms with Gasteiger partial charge in [-0.25, -0.2) is 0 Å². The van der Waals surface area contributed by atoms with Gasteiger partial charge in [-0.3, -0.25) is 9.48 Å². The van der Waals surface area contributed by atoms with Crippen molar-refractivity contribution in [2.24, 2.45) is 5.92 Å². The van der Waals surface area contributed by atoms with Gasteiger partial charge >= 0.3 is 0 Å². The lowest BCUT2D eigenvalue weighted by Gasteiger charge is -2.19. The molecule has 0 spiro atoms. The number of rotatable bonds is 3. The first kappa shape index (κ1) is 10.4. The summed E-state index contributed by atoms with van der Waals surface area (Å²) in [7, 11) is 0. The number of ketones is 1. The fourth-order valence-electron chi connectivity index (χ4n) is 1.86. The highest BCUT2D eigenvalue weighted by atomic mass is 16.5. The molecule has 0 aromatic carbocycles. The fourth-order valence-corrected chi connectivity index (χ4v) is 1.86. The SMILES string of the molecule is CCn1cc(C(=O)C2CCOCC2)cn1. The maximum absolute atomic E-state index is 12.0. The first-order chi connectivity index (χ1) is 7.31. The van der Waals surface area contributed by atoms with Crippen LogP contribution in [0.1, 0.15) is 30.1 Å². The first-order valence-corrected chi connectivity index (χ1v) is 5.45. The summed E-state index contributed by atoms with van der Waals surface area (Å²) in [5.74, 6) is 0.353. The van der Waals surface area contributed by atoms with E-state index in [2.05, 4.69) is 5.10 Å². The van der Waals surface area contributed by atoms with Crippen molar-refractivity contribution < 1.29 is 9.53 Å². The number of Topliss-reactive ketones (excluding diaryl/α,β-unsaturated/α-hetero) is 1. The molecule has 0 amide bonds. The molecule has 0 N–H and O–H groups in total. The van der Waals surface area contributed by atoms with Crippen molar-refractivity contribution >= 4 is 5.78 Å². The predicted octanol–water partition coefficient (Wildman–Crippen LogP) is 1.51. The second-order valence-corrected chi connectivity index (χ2v) is 3.84. The molecule has 2 rings (SSSR count). The average Bonchev–Trinajstić information content (AvgIpc) is 2.78. The Kier molecular flexibility index (Phi) is 3.16. The van der Waals surface area contributed by atoms with Gasteiger partial charge in [0, 0.05) is 31.9 Å². The van der Waals surface area contributed by atoms with Crippen LogP contribution in [-0.4, -0.2) is 28.8 Å². The lowest BCUT2D eigenvalue weighted by molar-refractivity contribution is 0.0545. The quantitative estimate of drug-likeness (QED) is 0.707. The van der Waals surface area contributed by atoms with Gasteiger partial charge in [-0.05, 0) is 19.8 Å². The van der Waals surface area contributed by atoms with Gasteiger partial charge in [-0.2, -0.15) is 5.10 Å². The van der Waals surface area contributed by atoms with E-state index >= 15 is 0 Å². The third-order valence-electron chi connectivity index (χ3n) is 2.83. The molecule has 4 nitrogen and oxygen atoms in total. The van der Waals surface area contributed by atoms with E-state index in [0.717, 1.165) is 24.9 Å². The van der Waals surface area contributed by atoms with E-state index < -0.39 is 0 Å². The van der Waals surface area contributed by atoms with Crippen molar-refractivity contribution in [1.29, 1.82) is 0 Å². The van der Waals surface area contributed by atoms with Gasteiger partial charge < -0.3 is 4.74 Å². The smallest absolute Gasteiger partial charge is 0.169 e. The Bertz CT molecular complexity index is 340. The molecule has 2 heterocycles. The van der Waals surface area contributed by atoms with Crippen molar-refractivity contribution in [2.75, 3.05) is 13.2 Å². The molecule has 1 aliphatic heterocycles. The molecule has 1 saturated heterocycles. The summed E-state index contributed by atoms with van der Waals surface area (Å²) in [4.78, 5) is 12.0. The van der Waals surface area contributed by atoms with Crippen LogP contribution in [0.5, 0.6) is 0 Å². The topological polar surface area (TPSA) is 44.1 Å². The molecule has 1 aromatic rings. The summed E-state index contributed by atoms with van der Waals surface area (Å²) >= 11 is 0. The molecule has 0 radical (unpaired) electrons. The van der Waals surface area contributed by atoms with Crippen LogP contribution in [0.25, 0.3) is 0 Å². The van der Waals surface area contributed by atoms with Gasteiger partial charge in [0.05, 0.1) is 11.8 Å². The van der Waals surface area contributed by atoms with Crippen LogP contribution in [0.3, 0.4) is 0 Å². The lowest BCUT2D eigenvalue weighted by Crippen LogP contribution is -2.23. The van der Waals surface area contributed by atoms with E-state index in [1.54, 1.807) is 10.9 Å². The Morgan fingerprint density at radius 2 is 2.33 bits per heavy atom. The Balaban J connectivity index is 2.05. The van der Waals surface area contributed by atoms with Crippen LogP contribution in [0.4, 0.5) is 0 Å². The van der Waals surface area contributed by atoms with Crippen molar-refractivity contribution in [3.63, 3.8) is 0 Å². The Hall–Kier alpha value is -1.16. The summed E-state index contributed by atoms with van der Waals surface area (Å²) in [6, 6.07) is 0. The number of hydrogen-bond donors (Lipinski definition) is 0. The number of ether oxygens (including phenoxy) is 1. The zero-order chi connectivity index (χ0) is 10.7. The minimum atomic E-state index is 0.133. The highest BCUT2D eigenvalue weighted by molar-refractivity contribution is 5.97. The zero-order valence-corrected chi connectivity index (χ0v) is 8.98. The lowest BCUT2D eigenvalue weighted by atomic mass is 9.92.